The van der Waals surface area contributed by atoms with Crippen molar-refractivity contribution in [3.05, 3.63) is 164 Å². The second kappa shape index (κ2) is 11.6. The Morgan fingerprint density at radius 1 is 0.480 bits per heavy atom. The molecule has 0 bridgehead atoms. The van der Waals surface area contributed by atoms with E-state index >= 15 is 0 Å². The molecule has 0 fully saturated rings. The summed E-state index contributed by atoms with van der Waals surface area (Å²) in [6, 6.07) is 52.8. The molecule has 10 aromatic rings. The van der Waals surface area contributed by atoms with Gasteiger partial charge in [-0.3, -0.25) is 4.98 Å². The van der Waals surface area contributed by atoms with Crippen LogP contribution >= 0.6 is 11.3 Å². The first-order chi connectivity index (χ1) is 24.8. The molecule has 0 N–H and O–H groups in total. The maximum Gasteiger partial charge on any atom is 0.160 e. The topological polar surface area (TPSA) is 51.8 Å². The van der Waals surface area contributed by atoms with Gasteiger partial charge in [0.15, 0.2) is 5.82 Å². The molecule has 50 heavy (non-hydrogen) atoms. The van der Waals surface area contributed by atoms with Crippen molar-refractivity contribution in [2.75, 3.05) is 0 Å². The number of hydrogen-bond acceptors (Lipinski definition) is 5. The van der Waals surface area contributed by atoms with Crippen LogP contribution in [0.1, 0.15) is 0 Å². The third-order valence-electron chi connectivity index (χ3n) is 9.41. The molecule has 6 aromatic carbocycles. The molecule has 0 radical (unpaired) electrons. The number of nitrogens with zero attached hydrogens (tertiary/aromatic N) is 3. The highest BCUT2D eigenvalue weighted by Gasteiger charge is 2.21. The smallest absolute Gasteiger partial charge is 0.160 e. The van der Waals surface area contributed by atoms with Crippen molar-refractivity contribution in [3.63, 3.8) is 0 Å². The van der Waals surface area contributed by atoms with E-state index in [0.29, 0.717) is 5.82 Å². The van der Waals surface area contributed by atoms with Gasteiger partial charge in [-0.2, -0.15) is 0 Å². The number of rotatable bonds is 5. The molecule has 0 spiro atoms. The molecule has 4 nitrogen and oxygen atoms in total. The molecule has 4 heterocycles. The van der Waals surface area contributed by atoms with Crippen molar-refractivity contribution in [3.8, 4) is 56.2 Å². The van der Waals surface area contributed by atoms with Gasteiger partial charge in [-0.1, -0.05) is 115 Å². The fraction of sp³-hybridized carbons (Fsp3) is 0. The van der Waals surface area contributed by atoms with E-state index in [1.807, 2.05) is 53.9 Å². The number of aromatic nitrogens is 3. The molecule has 4 aromatic heterocycles. The lowest BCUT2D eigenvalue weighted by Gasteiger charge is -2.12. The molecule has 0 unspecified atom stereocenters. The highest BCUT2D eigenvalue weighted by Crippen LogP contribution is 2.46. The van der Waals surface area contributed by atoms with E-state index in [1.54, 1.807) is 6.20 Å². The summed E-state index contributed by atoms with van der Waals surface area (Å²) in [5.74, 6) is 0.649. The Hall–Kier alpha value is -6.43. The lowest BCUT2D eigenvalue weighted by molar-refractivity contribution is 0.670. The summed E-state index contributed by atoms with van der Waals surface area (Å²) in [4.78, 5) is 14.7. The van der Waals surface area contributed by atoms with Crippen LogP contribution in [-0.2, 0) is 0 Å². The quantitative estimate of drug-likeness (QED) is 0.185. The van der Waals surface area contributed by atoms with E-state index in [4.69, 9.17) is 14.4 Å². The normalized spacial score (nSPS) is 11.6. The first kappa shape index (κ1) is 28.6. The summed E-state index contributed by atoms with van der Waals surface area (Å²) in [7, 11) is 0. The molecule has 5 heteroatoms. The van der Waals surface area contributed by atoms with Gasteiger partial charge in [-0.05, 0) is 47.5 Å². The Balaban J connectivity index is 1.22. The summed E-state index contributed by atoms with van der Waals surface area (Å²) < 4.78 is 9.34. The van der Waals surface area contributed by atoms with Gasteiger partial charge in [0.1, 0.15) is 11.2 Å². The van der Waals surface area contributed by atoms with E-state index in [-0.39, 0.29) is 0 Å². The molecule has 0 amide bonds. The Morgan fingerprint density at radius 3 is 2.10 bits per heavy atom. The second-order valence-corrected chi connectivity index (χ2v) is 13.4. The SMILES string of the molecule is c1ccc(-c2cc(-c3ccc(-c4cccc5c4sc4ccccc45)c4c3oc3ccccc34)nc(-c3cccc(-c4cccnc4)c3)n2)cc1. The minimum absolute atomic E-state index is 0.649. The Kier molecular flexibility index (Phi) is 6.64. The van der Waals surface area contributed by atoms with Crippen molar-refractivity contribution in [2.45, 2.75) is 0 Å². The molecule has 0 aliphatic heterocycles. The minimum atomic E-state index is 0.649. The van der Waals surface area contributed by atoms with Crippen LogP contribution in [0.3, 0.4) is 0 Å². The van der Waals surface area contributed by atoms with Crippen LogP contribution in [0.4, 0.5) is 0 Å². The van der Waals surface area contributed by atoms with Crippen molar-refractivity contribution in [1.29, 1.82) is 0 Å². The Morgan fingerprint density at radius 2 is 1.20 bits per heavy atom. The van der Waals surface area contributed by atoms with E-state index in [0.717, 1.165) is 66.7 Å². The number of fused-ring (bicyclic) bond motifs is 6. The average molecular weight is 658 g/mol. The van der Waals surface area contributed by atoms with Crippen LogP contribution in [0.5, 0.6) is 0 Å². The summed E-state index contributed by atoms with van der Waals surface area (Å²) in [5.41, 5.74) is 10.6. The fourth-order valence-corrected chi connectivity index (χ4v) is 8.29. The second-order valence-electron chi connectivity index (χ2n) is 12.4. The first-order valence-electron chi connectivity index (χ1n) is 16.6. The van der Waals surface area contributed by atoms with E-state index in [9.17, 15) is 0 Å². The van der Waals surface area contributed by atoms with Gasteiger partial charge >= 0.3 is 0 Å². The van der Waals surface area contributed by atoms with E-state index in [2.05, 4.69) is 120 Å². The van der Waals surface area contributed by atoms with E-state index in [1.165, 1.54) is 25.7 Å². The van der Waals surface area contributed by atoms with Crippen LogP contribution in [0.2, 0.25) is 0 Å². The predicted octanol–water partition coefficient (Wildman–Crippen LogP) is 12.5. The van der Waals surface area contributed by atoms with Crippen molar-refractivity contribution >= 4 is 53.4 Å². The number of para-hydroxylation sites is 1. The molecule has 0 aliphatic carbocycles. The number of thiophene rings is 1. The first-order valence-corrected chi connectivity index (χ1v) is 17.4. The lowest BCUT2D eigenvalue weighted by atomic mass is 9.95. The summed E-state index contributed by atoms with van der Waals surface area (Å²) in [5, 5.41) is 4.73. The summed E-state index contributed by atoms with van der Waals surface area (Å²) in [6.45, 7) is 0. The Labute approximate surface area is 292 Å². The van der Waals surface area contributed by atoms with Gasteiger partial charge in [0.25, 0.3) is 0 Å². The molecule has 0 saturated heterocycles. The highest BCUT2D eigenvalue weighted by atomic mass is 32.1. The number of hydrogen-bond donors (Lipinski definition) is 0. The maximum atomic E-state index is 6.78. The summed E-state index contributed by atoms with van der Waals surface area (Å²) in [6.07, 6.45) is 3.67. The zero-order valence-corrected chi connectivity index (χ0v) is 27.6. The van der Waals surface area contributed by atoms with Gasteiger partial charge in [0.05, 0.1) is 11.4 Å². The van der Waals surface area contributed by atoms with Crippen LogP contribution in [-0.4, -0.2) is 15.0 Å². The Bertz CT molecular complexity index is 2870. The molecular formula is C45H27N3OS. The molecular weight excluding hydrogens is 631 g/mol. The molecule has 234 valence electrons. The van der Waals surface area contributed by atoms with Gasteiger partial charge in [0, 0.05) is 71.2 Å². The minimum Gasteiger partial charge on any atom is -0.455 e. The van der Waals surface area contributed by atoms with Gasteiger partial charge in [0.2, 0.25) is 0 Å². The summed E-state index contributed by atoms with van der Waals surface area (Å²) >= 11 is 1.84. The molecule has 0 atom stereocenters. The standard InChI is InChI=1S/C45H27N3OS/c1-2-11-28(12-3-1)38-26-39(48-45(47-38)30-14-8-13-29(25-30)31-15-10-24-46-27-31)36-23-22-33(42-37-17-4-6-20-40(37)49-43(36)42)35-19-9-18-34-32-16-5-7-21-41(32)50-44(34)35/h1-27H. The zero-order chi connectivity index (χ0) is 33.0. The van der Waals surface area contributed by atoms with Crippen LogP contribution in [0, 0.1) is 0 Å². The van der Waals surface area contributed by atoms with Crippen LogP contribution < -0.4 is 0 Å². The predicted molar refractivity (Wildman–Crippen MR) is 207 cm³/mol. The average Bonchev–Trinajstić information content (AvgIpc) is 3.77. The van der Waals surface area contributed by atoms with Gasteiger partial charge in [-0.15, -0.1) is 11.3 Å². The third kappa shape index (κ3) is 4.71. The zero-order valence-electron chi connectivity index (χ0n) is 26.7. The van der Waals surface area contributed by atoms with Crippen molar-refractivity contribution < 1.29 is 4.42 Å². The van der Waals surface area contributed by atoms with Crippen molar-refractivity contribution in [1.82, 2.24) is 15.0 Å². The lowest BCUT2D eigenvalue weighted by Crippen LogP contribution is -1.96. The number of furan rings is 1. The van der Waals surface area contributed by atoms with Gasteiger partial charge < -0.3 is 4.42 Å². The maximum absolute atomic E-state index is 6.78. The fourth-order valence-electron chi connectivity index (χ4n) is 7.06. The highest BCUT2D eigenvalue weighted by molar-refractivity contribution is 7.26. The molecule has 0 saturated carbocycles. The molecule has 0 aliphatic rings. The van der Waals surface area contributed by atoms with Crippen molar-refractivity contribution in [2.24, 2.45) is 0 Å². The largest absolute Gasteiger partial charge is 0.455 e. The molecule has 10 rings (SSSR count). The van der Waals surface area contributed by atoms with Gasteiger partial charge in [-0.25, -0.2) is 9.97 Å². The monoisotopic (exact) mass is 657 g/mol. The number of pyridine rings is 1. The third-order valence-corrected chi connectivity index (χ3v) is 10.6. The van der Waals surface area contributed by atoms with Crippen LogP contribution in [0.15, 0.2) is 168 Å². The number of benzene rings is 6. The van der Waals surface area contributed by atoms with E-state index < -0.39 is 0 Å². The van der Waals surface area contributed by atoms with Crippen LogP contribution in [0.25, 0.3) is 98.3 Å².